The fourth-order valence-electron chi connectivity index (χ4n) is 2.89. The summed E-state index contributed by atoms with van der Waals surface area (Å²) in [6, 6.07) is 11.8. The number of amides is 1. The van der Waals surface area contributed by atoms with E-state index in [0.717, 1.165) is 16.1 Å². The molecule has 2 atom stereocenters. The number of benzene rings is 2. The molecule has 2 aromatic rings. The van der Waals surface area contributed by atoms with Gasteiger partial charge in [-0.2, -0.15) is 0 Å². The van der Waals surface area contributed by atoms with Gasteiger partial charge < -0.3 is 5.32 Å². The van der Waals surface area contributed by atoms with Crippen molar-refractivity contribution in [3.63, 3.8) is 0 Å². The lowest BCUT2D eigenvalue weighted by molar-refractivity contribution is -0.384. The second kappa shape index (κ2) is 8.39. The van der Waals surface area contributed by atoms with Gasteiger partial charge in [-0.25, -0.2) is 8.42 Å². The molecule has 0 heterocycles. The number of nitro benzene ring substituents is 1. The van der Waals surface area contributed by atoms with Gasteiger partial charge in [0.05, 0.1) is 22.9 Å². The van der Waals surface area contributed by atoms with E-state index in [1.165, 1.54) is 25.1 Å². The van der Waals surface area contributed by atoms with E-state index in [9.17, 15) is 23.3 Å². The summed E-state index contributed by atoms with van der Waals surface area (Å²) in [5.41, 5.74) is 1.23. The number of rotatable bonds is 7. The second-order valence-corrected chi connectivity index (χ2v) is 8.46. The number of nitrogens with one attached hydrogen (secondary N) is 1. The Kier molecular flexibility index (Phi) is 6.40. The average molecular weight is 405 g/mol. The predicted molar refractivity (Wildman–Crippen MR) is 108 cm³/mol. The maximum Gasteiger partial charge on any atom is 0.271 e. The molecule has 0 unspecified atom stereocenters. The van der Waals surface area contributed by atoms with Gasteiger partial charge in [0.2, 0.25) is 15.9 Å². The maximum absolute atomic E-state index is 12.8. The first-order valence-corrected chi connectivity index (χ1v) is 10.5. The molecule has 0 aliphatic heterocycles. The van der Waals surface area contributed by atoms with Gasteiger partial charge in [-0.05, 0) is 31.9 Å². The summed E-state index contributed by atoms with van der Waals surface area (Å²) < 4.78 is 25.8. The van der Waals surface area contributed by atoms with E-state index in [4.69, 9.17) is 0 Å². The topological polar surface area (TPSA) is 110 Å². The van der Waals surface area contributed by atoms with Crippen molar-refractivity contribution in [2.45, 2.75) is 32.9 Å². The Morgan fingerprint density at radius 1 is 1.14 bits per heavy atom. The Bertz CT molecular complexity index is 976. The largest absolute Gasteiger partial charge is 0.348 e. The Morgan fingerprint density at radius 3 is 2.29 bits per heavy atom. The number of sulfonamides is 1. The zero-order valence-electron chi connectivity index (χ0n) is 16.1. The number of nitrogens with zero attached hydrogens (tertiary/aromatic N) is 2. The van der Waals surface area contributed by atoms with Gasteiger partial charge in [-0.3, -0.25) is 19.2 Å². The first kappa shape index (κ1) is 21.4. The average Bonchev–Trinajstić information content (AvgIpc) is 2.62. The molecular formula is C19H23N3O5S. The highest BCUT2D eigenvalue weighted by atomic mass is 32.2. The third-order valence-corrected chi connectivity index (χ3v) is 5.62. The molecule has 0 aromatic heterocycles. The molecule has 1 amide bonds. The fraction of sp³-hybridized carbons (Fsp3) is 0.316. The molecule has 0 radical (unpaired) electrons. The van der Waals surface area contributed by atoms with Gasteiger partial charge in [0.1, 0.15) is 6.04 Å². The van der Waals surface area contributed by atoms with Crippen molar-refractivity contribution in [1.82, 2.24) is 5.32 Å². The van der Waals surface area contributed by atoms with Crippen LogP contribution in [0.5, 0.6) is 0 Å². The monoisotopic (exact) mass is 405 g/mol. The Morgan fingerprint density at radius 2 is 1.75 bits per heavy atom. The van der Waals surface area contributed by atoms with E-state index in [0.29, 0.717) is 5.56 Å². The van der Waals surface area contributed by atoms with Gasteiger partial charge in [0.15, 0.2) is 0 Å². The second-order valence-electron chi connectivity index (χ2n) is 6.60. The van der Waals surface area contributed by atoms with Crippen molar-refractivity contribution < 1.29 is 18.1 Å². The normalized spacial score (nSPS) is 13.4. The highest BCUT2D eigenvalue weighted by Gasteiger charge is 2.31. The summed E-state index contributed by atoms with van der Waals surface area (Å²) in [6.07, 6.45) is 0.968. The minimum atomic E-state index is -3.88. The van der Waals surface area contributed by atoms with E-state index in [2.05, 4.69) is 5.32 Å². The van der Waals surface area contributed by atoms with Crippen LogP contribution in [0.25, 0.3) is 0 Å². The molecule has 2 aromatic carbocycles. The molecule has 0 saturated carbocycles. The molecular weight excluding hydrogens is 382 g/mol. The lowest BCUT2D eigenvalue weighted by atomic mass is 10.1. The summed E-state index contributed by atoms with van der Waals surface area (Å²) in [5, 5.41) is 13.9. The third-order valence-electron chi connectivity index (χ3n) is 4.39. The number of nitro groups is 1. The molecule has 0 saturated heterocycles. The summed E-state index contributed by atoms with van der Waals surface area (Å²) in [7, 11) is -3.88. The molecule has 0 fully saturated rings. The van der Waals surface area contributed by atoms with Gasteiger partial charge >= 0.3 is 0 Å². The highest BCUT2D eigenvalue weighted by molar-refractivity contribution is 7.92. The van der Waals surface area contributed by atoms with Crippen molar-refractivity contribution in [2.24, 2.45) is 0 Å². The van der Waals surface area contributed by atoms with Crippen LogP contribution in [0.1, 0.15) is 31.0 Å². The smallest absolute Gasteiger partial charge is 0.271 e. The molecule has 0 spiro atoms. The quantitative estimate of drug-likeness (QED) is 0.563. The molecule has 9 heteroatoms. The Labute approximate surface area is 164 Å². The fourth-order valence-corrected chi connectivity index (χ4v) is 4.11. The first-order valence-electron chi connectivity index (χ1n) is 8.62. The molecule has 0 bridgehead atoms. The molecule has 8 nitrogen and oxygen atoms in total. The van der Waals surface area contributed by atoms with E-state index < -0.39 is 26.9 Å². The van der Waals surface area contributed by atoms with Crippen LogP contribution in [-0.2, 0) is 14.8 Å². The Balaban J connectivity index is 2.37. The van der Waals surface area contributed by atoms with Crippen molar-refractivity contribution in [2.75, 3.05) is 10.6 Å². The number of hydrogen-bond acceptors (Lipinski definition) is 5. The van der Waals surface area contributed by atoms with Gasteiger partial charge in [0, 0.05) is 12.1 Å². The minimum absolute atomic E-state index is 0.103. The lowest BCUT2D eigenvalue weighted by Crippen LogP contribution is -2.48. The van der Waals surface area contributed by atoms with Crippen LogP contribution in [0.4, 0.5) is 11.4 Å². The predicted octanol–water partition coefficient (Wildman–Crippen LogP) is 2.94. The van der Waals surface area contributed by atoms with Crippen molar-refractivity contribution in [3.8, 4) is 0 Å². The first-order chi connectivity index (χ1) is 13.0. The number of anilines is 1. The number of carbonyl (C=O) groups excluding carboxylic acids is 1. The van der Waals surface area contributed by atoms with Crippen LogP contribution in [0.3, 0.4) is 0 Å². The highest BCUT2D eigenvalue weighted by Crippen LogP contribution is 2.29. The van der Waals surface area contributed by atoms with Crippen LogP contribution in [-0.4, -0.2) is 31.5 Å². The minimum Gasteiger partial charge on any atom is -0.348 e. The molecule has 1 N–H and O–H groups in total. The van der Waals surface area contributed by atoms with Crippen LogP contribution >= 0.6 is 0 Å². The summed E-state index contributed by atoms with van der Waals surface area (Å²) in [6.45, 7) is 4.88. The zero-order valence-corrected chi connectivity index (χ0v) is 16.9. The van der Waals surface area contributed by atoms with E-state index in [1.54, 1.807) is 13.8 Å². The van der Waals surface area contributed by atoms with Crippen LogP contribution in [0, 0.1) is 17.0 Å². The molecule has 2 rings (SSSR count). The number of aryl methyl sites for hydroxylation is 1. The van der Waals surface area contributed by atoms with Gasteiger partial charge in [-0.1, -0.05) is 36.4 Å². The number of carbonyl (C=O) groups is 1. The van der Waals surface area contributed by atoms with Crippen LogP contribution in [0.2, 0.25) is 0 Å². The van der Waals surface area contributed by atoms with Crippen molar-refractivity contribution >= 4 is 27.3 Å². The molecule has 0 aliphatic rings. The van der Waals surface area contributed by atoms with Crippen molar-refractivity contribution in [1.29, 1.82) is 0 Å². The molecule has 0 aliphatic carbocycles. The Hall–Kier alpha value is -2.94. The van der Waals surface area contributed by atoms with E-state index >= 15 is 0 Å². The van der Waals surface area contributed by atoms with E-state index in [1.807, 2.05) is 30.3 Å². The molecule has 28 heavy (non-hydrogen) atoms. The zero-order chi connectivity index (χ0) is 21.1. The maximum atomic E-state index is 12.8. The standard InChI is InChI=1S/C19H23N3O5S/c1-13-10-11-17(22(24)25)12-18(13)21(28(4,26)27)15(3)19(23)20-14(2)16-8-6-5-7-9-16/h5-12,14-15H,1-4H3,(H,20,23)/t14-,15+/m0/s1. The summed E-state index contributed by atoms with van der Waals surface area (Å²) >= 11 is 0. The van der Waals surface area contributed by atoms with E-state index in [-0.39, 0.29) is 17.4 Å². The molecule has 150 valence electrons. The number of non-ortho nitro benzene ring substituents is 1. The lowest BCUT2D eigenvalue weighted by Gasteiger charge is -2.30. The van der Waals surface area contributed by atoms with Gasteiger partial charge in [-0.15, -0.1) is 0 Å². The van der Waals surface area contributed by atoms with Gasteiger partial charge in [0.25, 0.3) is 5.69 Å². The number of hydrogen-bond donors (Lipinski definition) is 1. The van der Waals surface area contributed by atoms with Crippen LogP contribution in [0.15, 0.2) is 48.5 Å². The van der Waals surface area contributed by atoms with Crippen molar-refractivity contribution in [3.05, 3.63) is 69.8 Å². The SMILES string of the molecule is Cc1ccc([N+](=O)[O-])cc1N([C@H](C)C(=O)N[C@@H](C)c1ccccc1)S(C)(=O)=O. The van der Waals surface area contributed by atoms with Crippen LogP contribution < -0.4 is 9.62 Å². The summed E-state index contributed by atoms with van der Waals surface area (Å²) in [4.78, 5) is 23.3. The summed E-state index contributed by atoms with van der Waals surface area (Å²) in [5.74, 6) is -0.507. The third kappa shape index (κ3) is 4.86.